The molecule has 1 amide bonds. The van der Waals surface area contributed by atoms with Gasteiger partial charge in [0.2, 0.25) is 0 Å². The van der Waals surface area contributed by atoms with Crippen molar-refractivity contribution in [2.24, 2.45) is 5.92 Å². The van der Waals surface area contributed by atoms with Crippen LogP contribution in [0, 0.1) is 19.3 Å². The first kappa shape index (κ1) is 20.1. The van der Waals surface area contributed by atoms with E-state index in [0.717, 1.165) is 37.4 Å². The predicted octanol–water partition coefficient (Wildman–Crippen LogP) is 4.88. The molecule has 1 radical (unpaired) electrons. The second kappa shape index (κ2) is 9.57. The van der Waals surface area contributed by atoms with Gasteiger partial charge in [-0.2, -0.15) is 0 Å². The quantitative estimate of drug-likeness (QED) is 0.701. The summed E-state index contributed by atoms with van der Waals surface area (Å²) in [6, 6.07) is 7.61. The summed E-state index contributed by atoms with van der Waals surface area (Å²) in [5.74, 6) is 1.80. The zero-order valence-electron chi connectivity index (χ0n) is 17.4. The molecule has 2 aromatic heterocycles. The van der Waals surface area contributed by atoms with E-state index in [9.17, 15) is 4.79 Å². The molecule has 0 spiro atoms. The van der Waals surface area contributed by atoms with Gasteiger partial charge in [0.15, 0.2) is 5.76 Å². The summed E-state index contributed by atoms with van der Waals surface area (Å²) in [5.41, 5.74) is 1.09. The van der Waals surface area contributed by atoms with Crippen LogP contribution in [0.5, 0.6) is 0 Å². The van der Waals surface area contributed by atoms with E-state index in [1.54, 1.807) is 18.4 Å². The Labute approximate surface area is 174 Å². The Balaban J connectivity index is 1.39. The van der Waals surface area contributed by atoms with Crippen LogP contribution in [-0.2, 0) is 0 Å². The summed E-state index contributed by atoms with van der Waals surface area (Å²) in [7, 11) is 0. The number of aryl methyl sites for hydroxylation is 1. The van der Waals surface area contributed by atoms with Crippen molar-refractivity contribution in [2.45, 2.75) is 57.9 Å². The fraction of sp³-hybridized carbons (Fsp3) is 0.542. The van der Waals surface area contributed by atoms with Crippen molar-refractivity contribution in [3.05, 3.63) is 54.5 Å². The van der Waals surface area contributed by atoms with Gasteiger partial charge in [-0.1, -0.05) is 25.3 Å². The Morgan fingerprint density at radius 3 is 2.72 bits per heavy atom. The molecule has 29 heavy (non-hydrogen) atoms. The first-order chi connectivity index (χ1) is 14.2. The number of carbonyl (C=O) groups is 1. The van der Waals surface area contributed by atoms with Gasteiger partial charge < -0.3 is 9.32 Å². The van der Waals surface area contributed by atoms with E-state index in [1.807, 2.05) is 30.2 Å². The molecule has 2 fully saturated rings. The molecule has 3 heterocycles. The summed E-state index contributed by atoms with van der Waals surface area (Å²) < 4.78 is 5.41. The fourth-order valence-electron chi connectivity index (χ4n) is 4.61. The molecule has 2 aromatic rings. The number of likely N-dealkylation sites (tertiary alicyclic amines) is 1. The largest absolute Gasteiger partial charge is 0.459 e. The highest BCUT2D eigenvalue weighted by Crippen LogP contribution is 2.28. The number of rotatable bonds is 6. The van der Waals surface area contributed by atoms with Crippen LogP contribution in [-0.4, -0.2) is 41.5 Å². The molecule has 2 aliphatic rings. The molecule has 0 aromatic carbocycles. The minimum absolute atomic E-state index is 0.0957. The van der Waals surface area contributed by atoms with Gasteiger partial charge >= 0.3 is 0 Å². The van der Waals surface area contributed by atoms with Crippen molar-refractivity contribution in [3.63, 3.8) is 0 Å². The highest BCUT2D eigenvalue weighted by Gasteiger charge is 2.32. The van der Waals surface area contributed by atoms with Gasteiger partial charge in [0, 0.05) is 25.3 Å². The zero-order chi connectivity index (χ0) is 20.1. The van der Waals surface area contributed by atoms with Crippen LogP contribution in [0.3, 0.4) is 0 Å². The van der Waals surface area contributed by atoms with E-state index >= 15 is 0 Å². The Bertz CT molecular complexity index is 758. The van der Waals surface area contributed by atoms with E-state index < -0.39 is 0 Å². The maximum absolute atomic E-state index is 13.2. The van der Waals surface area contributed by atoms with Crippen LogP contribution in [0.4, 0.5) is 5.82 Å². The Morgan fingerprint density at radius 2 is 2.07 bits per heavy atom. The van der Waals surface area contributed by atoms with Gasteiger partial charge in [0.25, 0.3) is 5.91 Å². The molecule has 1 atom stereocenters. The standard InChI is InChI=1S/C24H32N3O2/c1-19-9-10-23(25-18-19)27(24(28)22-8-5-17-29-22)21-12-15-26(16-13-21)14-11-20-6-3-2-4-7-20/h5-6,8-10,17-18,20-21H,2-4,7,11-16H2,1H3. The number of hydrogen-bond donors (Lipinski definition) is 0. The van der Waals surface area contributed by atoms with Crippen molar-refractivity contribution in [1.82, 2.24) is 9.88 Å². The van der Waals surface area contributed by atoms with Crippen molar-refractivity contribution in [3.8, 4) is 0 Å². The lowest BCUT2D eigenvalue weighted by atomic mass is 9.87. The Morgan fingerprint density at radius 1 is 1.21 bits per heavy atom. The Hall–Kier alpha value is -2.14. The average Bonchev–Trinajstić information content (AvgIpc) is 3.30. The maximum atomic E-state index is 13.2. The fourth-order valence-corrected chi connectivity index (χ4v) is 4.61. The lowest BCUT2D eigenvalue weighted by Crippen LogP contribution is -2.48. The van der Waals surface area contributed by atoms with E-state index in [-0.39, 0.29) is 11.9 Å². The summed E-state index contributed by atoms with van der Waals surface area (Å²) in [4.78, 5) is 22.1. The van der Waals surface area contributed by atoms with E-state index in [4.69, 9.17) is 4.42 Å². The van der Waals surface area contributed by atoms with Gasteiger partial charge in [-0.25, -0.2) is 4.98 Å². The van der Waals surface area contributed by atoms with Crippen molar-refractivity contribution >= 4 is 11.7 Å². The second-order valence-electron chi connectivity index (χ2n) is 8.49. The number of pyridine rings is 1. The minimum atomic E-state index is -0.0957. The van der Waals surface area contributed by atoms with Crippen molar-refractivity contribution < 1.29 is 9.21 Å². The minimum Gasteiger partial charge on any atom is -0.459 e. The van der Waals surface area contributed by atoms with Crippen LogP contribution >= 0.6 is 0 Å². The predicted molar refractivity (Wildman–Crippen MR) is 115 cm³/mol. The number of amides is 1. The maximum Gasteiger partial charge on any atom is 0.295 e. The molecule has 5 heteroatoms. The average molecular weight is 395 g/mol. The lowest BCUT2D eigenvalue weighted by molar-refractivity contribution is 0.0931. The third kappa shape index (κ3) is 5.08. The number of furan rings is 1. The molecule has 1 unspecified atom stereocenters. The molecular formula is C24H32N3O2. The number of aromatic nitrogens is 1. The third-order valence-electron chi connectivity index (χ3n) is 6.36. The summed E-state index contributed by atoms with van der Waals surface area (Å²) in [6.45, 7) is 5.25. The lowest BCUT2D eigenvalue weighted by Gasteiger charge is -2.38. The molecule has 1 saturated carbocycles. The molecule has 155 valence electrons. The SMILES string of the molecule is Cc1ccc(N(C(=O)c2ccco2)C2CCN(CCC3[CH]CCCC3)CC2)nc1. The first-order valence-corrected chi connectivity index (χ1v) is 11.1. The van der Waals surface area contributed by atoms with E-state index in [0.29, 0.717) is 11.6 Å². The molecule has 0 N–H and O–H groups in total. The van der Waals surface area contributed by atoms with E-state index in [1.165, 1.54) is 38.6 Å². The topological polar surface area (TPSA) is 49.6 Å². The number of carbonyl (C=O) groups excluding carboxylic acids is 1. The molecule has 0 bridgehead atoms. The van der Waals surface area contributed by atoms with Gasteiger partial charge in [-0.05, 0) is 75.3 Å². The van der Waals surface area contributed by atoms with E-state index in [2.05, 4.69) is 16.3 Å². The van der Waals surface area contributed by atoms with Crippen LogP contribution < -0.4 is 4.90 Å². The summed E-state index contributed by atoms with van der Waals surface area (Å²) in [5, 5.41) is 0. The van der Waals surface area contributed by atoms with Crippen molar-refractivity contribution in [1.29, 1.82) is 0 Å². The number of hydrogen-bond acceptors (Lipinski definition) is 4. The number of nitrogens with zero attached hydrogens (tertiary/aromatic N) is 3. The molecule has 1 saturated heterocycles. The van der Waals surface area contributed by atoms with Crippen molar-refractivity contribution in [2.75, 3.05) is 24.5 Å². The molecule has 4 rings (SSSR count). The second-order valence-corrected chi connectivity index (χ2v) is 8.49. The third-order valence-corrected chi connectivity index (χ3v) is 6.36. The highest BCUT2D eigenvalue weighted by molar-refractivity contribution is 6.04. The summed E-state index contributed by atoms with van der Waals surface area (Å²) >= 11 is 0. The van der Waals surface area contributed by atoms with Crippen LogP contribution in [0.1, 0.15) is 61.1 Å². The number of anilines is 1. The smallest absolute Gasteiger partial charge is 0.295 e. The van der Waals surface area contributed by atoms with Crippen LogP contribution in [0.15, 0.2) is 41.1 Å². The summed E-state index contributed by atoms with van der Waals surface area (Å²) in [6.07, 6.45) is 14.5. The van der Waals surface area contributed by atoms with Gasteiger partial charge in [0.1, 0.15) is 5.82 Å². The van der Waals surface area contributed by atoms with Crippen LogP contribution in [0.2, 0.25) is 0 Å². The Kier molecular flexibility index (Phi) is 6.65. The molecule has 1 aliphatic heterocycles. The molecular weight excluding hydrogens is 362 g/mol. The van der Waals surface area contributed by atoms with Gasteiger partial charge in [-0.15, -0.1) is 0 Å². The molecule has 5 nitrogen and oxygen atoms in total. The van der Waals surface area contributed by atoms with Crippen LogP contribution in [0.25, 0.3) is 0 Å². The first-order valence-electron chi connectivity index (χ1n) is 11.1. The van der Waals surface area contributed by atoms with Gasteiger partial charge in [-0.3, -0.25) is 9.69 Å². The molecule has 1 aliphatic carbocycles. The normalized spacial score (nSPS) is 19.3. The monoisotopic (exact) mass is 394 g/mol. The number of piperidine rings is 1. The zero-order valence-corrected chi connectivity index (χ0v) is 17.4. The highest BCUT2D eigenvalue weighted by atomic mass is 16.3. The van der Waals surface area contributed by atoms with Gasteiger partial charge in [0.05, 0.1) is 6.26 Å².